The number of aryl methyl sites for hydroxylation is 1. The molecule has 1 unspecified atom stereocenters. The van der Waals surface area contributed by atoms with E-state index in [1.54, 1.807) is 24.3 Å². The molecule has 81 valence electrons. The molecule has 0 heterocycles. The van der Waals surface area contributed by atoms with Gasteiger partial charge in [-0.05, 0) is 0 Å². The SMILES string of the molecule is O=C(O)CCCc1ccc([As](=O)O)cc1. The minimum absolute atomic E-state index is 0.154. The molecule has 0 fully saturated rings. The van der Waals surface area contributed by atoms with Gasteiger partial charge in [-0.15, -0.1) is 0 Å². The van der Waals surface area contributed by atoms with Crippen LogP contribution in [0.3, 0.4) is 0 Å². The van der Waals surface area contributed by atoms with Gasteiger partial charge in [-0.1, -0.05) is 0 Å². The molecule has 4 nitrogen and oxygen atoms in total. The average molecular weight is 271 g/mol. The predicted molar refractivity (Wildman–Crippen MR) is 55.3 cm³/mol. The van der Waals surface area contributed by atoms with Crippen LogP contribution in [0.4, 0.5) is 0 Å². The number of hydrogen-bond acceptors (Lipinski definition) is 2. The third-order valence-corrected chi connectivity index (χ3v) is 3.57. The van der Waals surface area contributed by atoms with Crippen LogP contribution >= 0.6 is 0 Å². The Morgan fingerprint density at radius 3 is 2.33 bits per heavy atom. The number of hydrogen-bond donors (Lipinski definition) is 2. The maximum atomic E-state index is 10.8. The molecule has 1 rings (SSSR count). The third-order valence-electron chi connectivity index (χ3n) is 2.01. The van der Waals surface area contributed by atoms with Crippen molar-refractivity contribution in [2.75, 3.05) is 0 Å². The van der Waals surface area contributed by atoms with Crippen LogP contribution in [-0.2, 0) is 15.0 Å². The van der Waals surface area contributed by atoms with Crippen LogP contribution in [0.25, 0.3) is 0 Å². The fourth-order valence-corrected chi connectivity index (χ4v) is 2.08. The summed E-state index contributed by atoms with van der Waals surface area (Å²) in [6.07, 6.45) is 1.43. The second-order valence-corrected chi connectivity index (χ2v) is 5.42. The van der Waals surface area contributed by atoms with E-state index in [4.69, 9.17) is 9.20 Å². The normalized spacial score (nSPS) is 11.1. The molecular weight excluding hydrogens is 259 g/mol. The molecule has 1 radical (unpaired) electrons. The molecule has 0 saturated heterocycles. The first-order valence-electron chi connectivity index (χ1n) is 4.56. The van der Waals surface area contributed by atoms with E-state index < -0.39 is 20.9 Å². The molecule has 15 heavy (non-hydrogen) atoms. The first kappa shape index (κ1) is 12.1. The Kier molecular flexibility index (Phi) is 4.66. The monoisotopic (exact) mass is 271 g/mol. The van der Waals surface area contributed by atoms with Crippen molar-refractivity contribution >= 4 is 25.3 Å². The van der Waals surface area contributed by atoms with Crippen molar-refractivity contribution in [1.82, 2.24) is 0 Å². The number of benzene rings is 1. The summed E-state index contributed by atoms with van der Waals surface area (Å²) in [5.41, 5.74) is 0.996. The molecule has 0 aliphatic heterocycles. The molecule has 5 heteroatoms. The Morgan fingerprint density at radius 2 is 1.87 bits per heavy atom. The molecule has 0 saturated carbocycles. The van der Waals surface area contributed by atoms with E-state index in [1.165, 1.54) is 0 Å². The van der Waals surface area contributed by atoms with Crippen LogP contribution in [0.15, 0.2) is 24.3 Å². The van der Waals surface area contributed by atoms with Gasteiger partial charge in [0.2, 0.25) is 0 Å². The van der Waals surface area contributed by atoms with Gasteiger partial charge in [0, 0.05) is 0 Å². The van der Waals surface area contributed by atoms with Crippen molar-refractivity contribution in [2.45, 2.75) is 19.3 Å². The van der Waals surface area contributed by atoms with Crippen molar-refractivity contribution in [3.05, 3.63) is 29.8 Å². The molecule has 1 atom stereocenters. The Morgan fingerprint density at radius 1 is 1.27 bits per heavy atom. The molecular formula is C10H12AsO4. The van der Waals surface area contributed by atoms with Gasteiger partial charge in [-0.2, -0.15) is 0 Å². The zero-order valence-corrected chi connectivity index (χ0v) is 9.97. The number of carboxylic acids is 1. The van der Waals surface area contributed by atoms with Crippen LogP contribution in [-0.4, -0.2) is 30.1 Å². The summed E-state index contributed by atoms with van der Waals surface area (Å²) in [6, 6.07) is 6.80. The van der Waals surface area contributed by atoms with E-state index in [0.717, 1.165) is 5.56 Å². The van der Waals surface area contributed by atoms with Crippen molar-refractivity contribution in [3.8, 4) is 0 Å². The van der Waals surface area contributed by atoms with Crippen LogP contribution < -0.4 is 4.35 Å². The molecule has 0 bridgehead atoms. The summed E-state index contributed by atoms with van der Waals surface area (Å²) in [7, 11) is 0. The van der Waals surface area contributed by atoms with Crippen molar-refractivity contribution in [1.29, 1.82) is 0 Å². The minimum atomic E-state index is -3.00. The summed E-state index contributed by atoms with van der Waals surface area (Å²) in [4.78, 5) is 10.3. The van der Waals surface area contributed by atoms with Crippen molar-refractivity contribution in [2.24, 2.45) is 0 Å². The van der Waals surface area contributed by atoms with Crippen LogP contribution in [0.5, 0.6) is 0 Å². The first-order valence-corrected chi connectivity index (χ1v) is 7.11. The molecule has 0 aliphatic rings. The maximum absolute atomic E-state index is 10.8. The average Bonchev–Trinajstić information content (AvgIpc) is 2.18. The van der Waals surface area contributed by atoms with Crippen molar-refractivity contribution in [3.63, 3.8) is 0 Å². The van der Waals surface area contributed by atoms with Gasteiger partial charge in [0.05, 0.1) is 0 Å². The standard InChI is InChI=1S/C10H12AsO4/c12-10(13)3-1-2-8-4-6-9(7-5-8)11(14)15/h4-7H,1-3H2,(H,12,13)(H,14,15). The number of carbonyl (C=O) groups is 1. The van der Waals surface area contributed by atoms with Gasteiger partial charge >= 0.3 is 92.1 Å². The zero-order chi connectivity index (χ0) is 11.3. The quantitative estimate of drug-likeness (QED) is 0.751. The van der Waals surface area contributed by atoms with E-state index in [-0.39, 0.29) is 6.42 Å². The Hall–Kier alpha value is -0.992. The summed E-state index contributed by atoms with van der Waals surface area (Å²) in [5.74, 6) is -0.797. The Labute approximate surface area is 92.4 Å². The molecule has 0 aromatic heterocycles. The van der Waals surface area contributed by atoms with E-state index in [0.29, 0.717) is 17.2 Å². The summed E-state index contributed by atoms with van der Waals surface area (Å²) in [5, 5.41) is 8.44. The van der Waals surface area contributed by atoms with E-state index in [1.807, 2.05) is 0 Å². The topological polar surface area (TPSA) is 74.6 Å². The number of rotatable bonds is 5. The van der Waals surface area contributed by atoms with Crippen LogP contribution in [0.2, 0.25) is 0 Å². The second kappa shape index (κ2) is 5.78. The van der Waals surface area contributed by atoms with Gasteiger partial charge in [0.25, 0.3) is 0 Å². The van der Waals surface area contributed by atoms with E-state index in [2.05, 4.69) is 0 Å². The molecule has 2 N–H and O–H groups in total. The van der Waals surface area contributed by atoms with Gasteiger partial charge in [0.1, 0.15) is 0 Å². The summed E-state index contributed by atoms with van der Waals surface area (Å²) >= 11 is -3.00. The van der Waals surface area contributed by atoms with Crippen LogP contribution in [0, 0.1) is 0 Å². The van der Waals surface area contributed by atoms with E-state index in [9.17, 15) is 8.53 Å². The van der Waals surface area contributed by atoms with Gasteiger partial charge in [-0.25, -0.2) is 0 Å². The van der Waals surface area contributed by atoms with Crippen molar-refractivity contribution < 1.29 is 17.7 Å². The summed E-state index contributed by atoms with van der Waals surface area (Å²) in [6.45, 7) is 0. The van der Waals surface area contributed by atoms with Crippen LogP contribution in [0.1, 0.15) is 18.4 Å². The molecule has 0 aliphatic carbocycles. The summed E-state index contributed by atoms with van der Waals surface area (Å²) < 4.78 is 20.1. The molecule has 0 spiro atoms. The predicted octanol–water partition coefficient (Wildman–Crippen LogP) is 0.212. The molecule has 1 aromatic carbocycles. The second-order valence-electron chi connectivity index (χ2n) is 3.19. The fraction of sp³-hybridized carbons (Fsp3) is 0.300. The van der Waals surface area contributed by atoms with Gasteiger partial charge < -0.3 is 0 Å². The number of aliphatic carboxylic acids is 1. The first-order chi connectivity index (χ1) is 7.09. The van der Waals surface area contributed by atoms with E-state index >= 15 is 0 Å². The Balaban J connectivity index is 2.50. The number of carboxylic acid groups (broad SMARTS) is 1. The fourth-order valence-electron chi connectivity index (χ4n) is 1.23. The Bertz CT molecular complexity index is 358. The zero-order valence-electron chi connectivity index (χ0n) is 8.09. The van der Waals surface area contributed by atoms with Gasteiger partial charge in [0.15, 0.2) is 0 Å². The van der Waals surface area contributed by atoms with Gasteiger partial charge in [-0.3, -0.25) is 0 Å². The molecule has 0 amide bonds. The molecule has 1 aromatic rings. The third kappa shape index (κ3) is 4.36.